The lowest BCUT2D eigenvalue weighted by Crippen LogP contribution is -2.28. The average Bonchev–Trinajstić information content (AvgIpc) is 2.97. The molecule has 0 radical (unpaired) electrons. The van der Waals surface area contributed by atoms with Crippen molar-refractivity contribution in [3.05, 3.63) is 64.5 Å². The molecule has 0 fully saturated rings. The molecule has 0 N–H and O–H groups in total. The van der Waals surface area contributed by atoms with E-state index in [0.29, 0.717) is 33.3 Å². The molecule has 3 aromatic heterocycles. The Morgan fingerprint density at radius 2 is 2.00 bits per heavy atom. The molecule has 0 atom stereocenters. The number of halogens is 1. The minimum Gasteiger partial charge on any atom is -0.348 e. The van der Waals surface area contributed by atoms with Crippen LogP contribution in [0.5, 0.6) is 0 Å². The molecule has 0 aliphatic rings. The van der Waals surface area contributed by atoms with E-state index in [1.54, 1.807) is 56.2 Å². The molecule has 0 bridgehead atoms. The predicted octanol–water partition coefficient (Wildman–Crippen LogP) is 2.04. The lowest BCUT2D eigenvalue weighted by molar-refractivity contribution is -0.128. The first-order chi connectivity index (χ1) is 13.4. The maximum Gasteiger partial charge on any atom is 0.297 e. The van der Waals surface area contributed by atoms with Gasteiger partial charge in [0.25, 0.3) is 5.56 Å². The molecule has 0 unspecified atom stereocenters. The smallest absolute Gasteiger partial charge is 0.297 e. The van der Waals surface area contributed by atoms with Gasteiger partial charge in [-0.1, -0.05) is 6.07 Å². The third-order valence-corrected chi connectivity index (χ3v) is 4.75. The van der Waals surface area contributed by atoms with E-state index < -0.39 is 5.82 Å². The van der Waals surface area contributed by atoms with Crippen LogP contribution >= 0.6 is 0 Å². The highest BCUT2D eigenvalue weighted by Gasteiger charge is 2.22. The monoisotopic (exact) mass is 379 g/mol. The minimum absolute atomic E-state index is 0.00705. The van der Waals surface area contributed by atoms with Crippen molar-refractivity contribution < 1.29 is 9.18 Å². The number of pyridine rings is 1. The Morgan fingerprint density at radius 1 is 1.21 bits per heavy atom. The first-order valence-electron chi connectivity index (χ1n) is 8.70. The number of carbonyl (C=O) groups is 1. The fourth-order valence-electron chi connectivity index (χ4n) is 3.33. The molecule has 4 rings (SSSR count). The van der Waals surface area contributed by atoms with Crippen molar-refractivity contribution in [2.45, 2.75) is 6.42 Å². The summed E-state index contributed by atoms with van der Waals surface area (Å²) < 4.78 is 16.7. The quantitative estimate of drug-likeness (QED) is 0.546. The molecule has 0 aliphatic heterocycles. The molecule has 7 nitrogen and oxygen atoms in total. The lowest BCUT2D eigenvalue weighted by Gasteiger charge is -2.12. The highest BCUT2D eigenvalue weighted by atomic mass is 19.1. The molecule has 28 heavy (non-hydrogen) atoms. The summed E-state index contributed by atoms with van der Waals surface area (Å²) in [5.41, 5.74) is 0.971. The Balaban J connectivity index is 2.13. The Bertz CT molecular complexity index is 1270. The molecule has 142 valence electrons. The number of fused-ring (bicyclic) bond motifs is 3. The van der Waals surface area contributed by atoms with E-state index in [1.807, 2.05) is 0 Å². The fourth-order valence-corrected chi connectivity index (χ4v) is 3.33. The van der Waals surface area contributed by atoms with E-state index in [2.05, 4.69) is 10.1 Å². The van der Waals surface area contributed by atoms with Crippen LogP contribution in [0.3, 0.4) is 0 Å². The third kappa shape index (κ3) is 2.74. The van der Waals surface area contributed by atoms with E-state index in [9.17, 15) is 14.0 Å². The molecule has 8 heteroatoms. The van der Waals surface area contributed by atoms with Crippen LogP contribution in [0.25, 0.3) is 27.6 Å². The van der Waals surface area contributed by atoms with Crippen LogP contribution in [-0.4, -0.2) is 44.2 Å². The number of amides is 1. The fraction of sp³-hybridized carbons (Fsp3) is 0.200. The average molecular weight is 379 g/mol. The highest BCUT2D eigenvalue weighted by molar-refractivity contribution is 6.09. The predicted molar refractivity (Wildman–Crippen MR) is 104 cm³/mol. The molecule has 0 saturated carbocycles. The van der Waals surface area contributed by atoms with E-state index in [0.717, 1.165) is 0 Å². The summed E-state index contributed by atoms with van der Waals surface area (Å²) in [6.07, 6.45) is 1.57. The van der Waals surface area contributed by atoms with Crippen molar-refractivity contribution in [3.63, 3.8) is 0 Å². The number of hydrogen-bond acceptors (Lipinski definition) is 4. The van der Waals surface area contributed by atoms with E-state index >= 15 is 0 Å². The topological polar surface area (TPSA) is 73.0 Å². The van der Waals surface area contributed by atoms with Crippen molar-refractivity contribution in [2.24, 2.45) is 7.05 Å². The van der Waals surface area contributed by atoms with Gasteiger partial charge in [-0.3, -0.25) is 9.59 Å². The van der Waals surface area contributed by atoms with Crippen LogP contribution in [0.2, 0.25) is 0 Å². The van der Waals surface area contributed by atoms with Crippen LogP contribution in [0, 0.1) is 5.82 Å². The van der Waals surface area contributed by atoms with Crippen LogP contribution < -0.4 is 5.56 Å². The zero-order valence-corrected chi connectivity index (χ0v) is 15.7. The number of benzene rings is 1. The van der Waals surface area contributed by atoms with Crippen LogP contribution in [0.4, 0.5) is 4.39 Å². The van der Waals surface area contributed by atoms with Gasteiger partial charge < -0.3 is 9.47 Å². The van der Waals surface area contributed by atoms with Crippen LogP contribution in [-0.2, 0) is 18.3 Å². The zero-order valence-electron chi connectivity index (χ0n) is 15.7. The first kappa shape index (κ1) is 17.8. The largest absolute Gasteiger partial charge is 0.348 e. The van der Waals surface area contributed by atoms with Gasteiger partial charge in [-0.15, -0.1) is 0 Å². The van der Waals surface area contributed by atoms with E-state index in [-0.39, 0.29) is 17.9 Å². The number of nitrogens with zero attached hydrogens (tertiary/aromatic N) is 5. The van der Waals surface area contributed by atoms with Crippen molar-refractivity contribution in [1.82, 2.24) is 24.2 Å². The number of carbonyl (C=O) groups excluding carboxylic acids is 1. The molecule has 1 amide bonds. The Hall–Kier alpha value is -3.55. The summed E-state index contributed by atoms with van der Waals surface area (Å²) in [6, 6.07) is 9.48. The summed E-state index contributed by atoms with van der Waals surface area (Å²) >= 11 is 0. The molecule has 0 aliphatic carbocycles. The number of rotatable bonds is 3. The van der Waals surface area contributed by atoms with E-state index in [4.69, 9.17) is 0 Å². The summed E-state index contributed by atoms with van der Waals surface area (Å²) in [5, 5.41) is 5.71. The lowest BCUT2D eigenvalue weighted by atomic mass is 10.1. The Kier molecular flexibility index (Phi) is 4.18. The second-order valence-corrected chi connectivity index (χ2v) is 6.76. The third-order valence-electron chi connectivity index (χ3n) is 4.75. The van der Waals surface area contributed by atoms with Crippen molar-refractivity contribution in [1.29, 1.82) is 0 Å². The Labute approximate surface area is 159 Å². The molecular weight excluding hydrogens is 361 g/mol. The normalized spacial score (nSPS) is 11.3. The van der Waals surface area contributed by atoms with Gasteiger partial charge in [0.1, 0.15) is 11.3 Å². The van der Waals surface area contributed by atoms with Crippen molar-refractivity contribution >= 4 is 27.7 Å². The maximum atomic E-state index is 13.8. The minimum atomic E-state index is -0.401. The van der Waals surface area contributed by atoms with Gasteiger partial charge in [0.05, 0.1) is 17.6 Å². The summed E-state index contributed by atoms with van der Waals surface area (Å²) in [5.74, 6) is -0.203. The molecule has 0 spiro atoms. The maximum absolute atomic E-state index is 13.8. The first-order valence-corrected chi connectivity index (χ1v) is 8.70. The molecule has 1 aromatic carbocycles. The van der Waals surface area contributed by atoms with E-state index in [1.165, 1.54) is 21.7 Å². The second-order valence-electron chi connectivity index (χ2n) is 6.76. The standard InChI is InChI=1S/C20H18FN5O2/c1-24(2)17(27)11-14-18-13-8-7-12(21)10-15(13)25(3)19(18)20(28)26(23-14)16-6-4-5-9-22-16/h4-10H,11H2,1-3H3. The summed E-state index contributed by atoms with van der Waals surface area (Å²) in [6.45, 7) is 0. The van der Waals surface area contributed by atoms with Gasteiger partial charge in [0.2, 0.25) is 5.91 Å². The molecule has 4 aromatic rings. The Morgan fingerprint density at radius 3 is 2.68 bits per heavy atom. The molecular formula is C20H18FN5O2. The van der Waals surface area contributed by atoms with Crippen molar-refractivity contribution in [2.75, 3.05) is 14.1 Å². The molecule has 3 heterocycles. The molecule has 0 saturated heterocycles. The van der Waals surface area contributed by atoms with Gasteiger partial charge >= 0.3 is 0 Å². The number of aryl methyl sites for hydroxylation is 1. The van der Waals surface area contributed by atoms with Gasteiger partial charge in [-0.05, 0) is 30.3 Å². The SMILES string of the molecule is CN(C)C(=O)Cc1nn(-c2ccccn2)c(=O)c2c1c1ccc(F)cc1n2C. The van der Waals surface area contributed by atoms with Gasteiger partial charge in [0, 0.05) is 38.1 Å². The number of aromatic nitrogens is 4. The summed E-state index contributed by atoms with van der Waals surface area (Å²) in [4.78, 5) is 31.3. The number of hydrogen-bond donors (Lipinski definition) is 0. The zero-order chi connectivity index (χ0) is 20.0. The summed E-state index contributed by atoms with van der Waals surface area (Å²) in [7, 11) is 5.02. The van der Waals surface area contributed by atoms with Gasteiger partial charge in [-0.2, -0.15) is 9.78 Å². The van der Waals surface area contributed by atoms with Gasteiger partial charge in [-0.25, -0.2) is 9.37 Å². The highest BCUT2D eigenvalue weighted by Crippen LogP contribution is 2.29. The van der Waals surface area contributed by atoms with Crippen molar-refractivity contribution in [3.8, 4) is 5.82 Å². The van der Waals surface area contributed by atoms with Gasteiger partial charge in [0.15, 0.2) is 5.82 Å². The second kappa shape index (κ2) is 6.56. The van der Waals surface area contributed by atoms with Crippen LogP contribution in [0.1, 0.15) is 5.69 Å². The number of likely N-dealkylation sites (N-methyl/N-ethyl adjacent to an activating group) is 1. The van der Waals surface area contributed by atoms with Crippen LogP contribution in [0.15, 0.2) is 47.4 Å².